The van der Waals surface area contributed by atoms with E-state index in [-0.39, 0.29) is 11.8 Å². The monoisotopic (exact) mass is 510 g/mol. The Balaban J connectivity index is 1.44. The van der Waals surface area contributed by atoms with Crippen LogP contribution in [0, 0.1) is 12.8 Å². The number of amides is 2. The van der Waals surface area contributed by atoms with Crippen LogP contribution in [0.15, 0.2) is 42.5 Å². The fourth-order valence-electron chi connectivity index (χ4n) is 5.72. The molecule has 0 bridgehead atoms. The van der Waals surface area contributed by atoms with Crippen LogP contribution in [0.25, 0.3) is 0 Å². The first-order valence-corrected chi connectivity index (χ1v) is 13.9. The van der Waals surface area contributed by atoms with Crippen LogP contribution in [-0.2, 0) is 16.1 Å². The van der Waals surface area contributed by atoms with E-state index in [2.05, 4.69) is 43.0 Å². The van der Waals surface area contributed by atoms with Gasteiger partial charge in [-0.25, -0.2) is 0 Å². The number of carbonyl (C=O) groups is 2. The number of hydrogen-bond acceptors (Lipinski definition) is 4. The first-order chi connectivity index (χ1) is 17.4. The van der Waals surface area contributed by atoms with Crippen molar-refractivity contribution in [2.75, 3.05) is 19.7 Å². The van der Waals surface area contributed by atoms with Crippen molar-refractivity contribution in [2.24, 2.45) is 5.92 Å². The molecule has 36 heavy (non-hydrogen) atoms. The van der Waals surface area contributed by atoms with Gasteiger partial charge in [0, 0.05) is 37.0 Å². The minimum Gasteiger partial charge on any atom is -0.491 e. The molecule has 5 nitrogen and oxygen atoms in total. The van der Waals surface area contributed by atoms with E-state index in [1.807, 2.05) is 18.2 Å². The number of rotatable bonds is 11. The van der Waals surface area contributed by atoms with E-state index in [1.54, 1.807) is 0 Å². The van der Waals surface area contributed by atoms with E-state index in [0.717, 1.165) is 41.8 Å². The molecule has 0 N–H and O–H groups in total. The molecule has 1 aliphatic heterocycles. The Morgan fingerprint density at radius 3 is 2.36 bits per heavy atom. The second-order valence-corrected chi connectivity index (χ2v) is 10.7. The lowest BCUT2D eigenvalue weighted by Crippen LogP contribution is -2.34. The van der Waals surface area contributed by atoms with Gasteiger partial charge in [-0.3, -0.25) is 19.4 Å². The molecule has 0 radical (unpaired) electrons. The summed E-state index contributed by atoms with van der Waals surface area (Å²) in [6, 6.07) is 15.1. The number of benzene rings is 2. The van der Waals surface area contributed by atoms with Crippen LogP contribution in [0.4, 0.5) is 0 Å². The third-order valence-electron chi connectivity index (χ3n) is 7.65. The Kier molecular flexibility index (Phi) is 9.44. The lowest BCUT2D eigenvalue weighted by Gasteiger charge is -2.36. The molecule has 1 saturated carbocycles. The molecule has 1 aliphatic carbocycles. The lowest BCUT2D eigenvalue weighted by molar-refractivity contribution is -0.138. The zero-order valence-electron chi connectivity index (χ0n) is 21.7. The summed E-state index contributed by atoms with van der Waals surface area (Å²) in [4.78, 5) is 27.6. The molecule has 2 aliphatic rings. The maximum absolute atomic E-state index is 11.8. The molecule has 1 saturated heterocycles. The fourth-order valence-corrected chi connectivity index (χ4v) is 5.84. The SMILES string of the molecule is CCC(c1ccc(Cl)cc1)N(Cc1ccc(OCCN2C(=O)CCC2=O)c(C)c1)CC1CCCCC1. The van der Waals surface area contributed by atoms with Crippen LogP contribution in [0.1, 0.15) is 81.0 Å². The van der Waals surface area contributed by atoms with Crippen LogP contribution in [-0.4, -0.2) is 41.3 Å². The highest BCUT2D eigenvalue weighted by Crippen LogP contribution is 2.32. The van der Waals surface area contributed by atoms with Gasteiger partial charge in [0.15, 0.2) is 0 Å². The van der Waals surface area contributed by atoms with Crippen molar-refractivity contribution in [3.8, 4) is 5.75 Å². The number of aryl methyl sites for hydroxylation is 1. The van der Waals surface area contributed by atoms with Gasteiger partial charge in [0.2, 0.25) is 11.8 Å². The smallest absolute Gasteiger partial charge is 0.229 e. The summed E-state index contributed by atoms with van der Waals surface area (Å²) in [7, 11) is 0. The van der Waals surface area contributed by atoms with Gasteiger partial charge in [-0.2, -0.15) is 0 Å². The molecular weight excluding hydrogens is 472 g/mol. The Morgan fingerprint density at radius 1 is 1.03 bits per heavy atom. The standard InChI is InChI=1S/C30H39ClN2O3/c1-3-27(25-10-12-26(31)13-11-25)32(20-23-7-5-4-6-8-23)21-24-9-14-28(22(2)19-24)36-18-17-33-29(34)15-16-30(33)35/h9-14,19,23,27H,3-8,15-18,20-21H2,1-2H3. The number of imide groups is 1. The number of carbonyl (C=O) groups excluding carboxylic acids is 2. The van der Waals surface area contributed by atoms with Crippen LogP contribution in [0.3, 0.4) is 0 Å². The van der Waals surface area contributed by atoms with Crippen molar-refractivity contribution < 1.29 is 14.3 Å². The van der Waals surface area contributed by atoms with E-state index >= 15 is 0 Å². The largest absolute Gasteiger partial charge is 0.491 e. The summed E-state index contributed by atoms with van der Waals surface area (Å²) >= 11 is 6.18. The number of halogens is 1. The summed E-state index contributed by atoms with van der Waals surface area (Å²) < 4.78 is 5.95. The third kappa shape index (κ3) is 6.89. The zero-order chi connectivity index (χ0) is 25.5. The van der Waals surface area contributed by atoms with Gasteiger partial charge in [0.25, 0.3) is 0 Å². The predicted molar refractivity (Wildman–Crippen MR) is 144 cm³/mol. The molecule has 1 unspecified atom stereocenters. The Hall–Kier alpha value is -2.37. The maximum atomic E-state index is 11.8. The highest BCUT2D eigenvalue weighted by molar-refractivity contribution is 6.30. The molecule has 0 spiro atoms. The average molecular weight is 511 g/mol. The molecule has 2 aromatic rings. The lowest BCUT2D eigenvalue weighted by atomic mass is 9.88. The van der Waals surface area contributed by atoms with E-state index in [1.165, 1.54) is 48.1 Å². The van der Waals surface area contributed by atoms with E-state index in [4.69, 9.17) is 16.3 Å². The minimum absolute atomic E-state index is 0.0973. The Morgan fingerprint density at radius 2 is 1.72 bits per heavy atom. The van der Waals surface area contributed by atoms with Gasteiger partial charge in [0.1, 0.15) is 12.4 Å². The summed E-state index contributed by atoms with van der Waals surface area (Å²) in [5.41, 5.74) is 3.66. The molecule has 2 fully saturated rings. The fraction of sp³-hybridized carbons (Fsp3) is 0.533. The van der Waals surface area contributed by atoms with Gasteiger partial charge in [0.05, 0.1) is 6.54 Å². The minimum atomic E-state index is -0.0973. The molecular formula is C30H39ClN2O3. The average Bonchev–Trinajstić information content (AvgIpc) is 3.19. The molecule has 1 atom stereocenters. The van der Waals surface area contributed by atoms with Crippen molar-refractivity contribution in [3.05, 3.63) is 64.2 Å². The number of ether oxygens (including phenoxy) is 1. The van der Waals surface area contributed by atoms with Crippen molar-refractivity contribution in [2.45, 2.75) is 77.8 Å². The normalized spacial score (nSPS) is 17.7. The van der Waals surface area contributed by atoms with E-state index < -0.39 is 0 Å². The zero-order valence-corrected chi connectivity index (χ0v) is 22.4. The van der Waals surface area contributed by atoms with Gasteiger partial charge < -0.3 is 4.74 Å². The summed E-state index contributed by atoms with van der Waals surface area (Å²) in [6.07, 6.45) is 8.38. The van der Waals surface area contributed by atoms with Crippen LogP contribution >= 0.6 is 11.6 Å². The first kappa shape index (κ1) is 26.7. The van der Waals surface area contributed by atoms with E-state index in [9.17, 15) is 9.59 Å². The topological polar surface area (TPSA) is 49.9 Å². The molecule has 194 valence electrons. The highest BCUT2D eigenvalue weighted by atomic mass is 35.5. The Labute approximate surface area is 220 Å². The quantitative estimate of drug-likeness (QED) is 0.315. The van der Waals surface area contributed by atoms with Gasteiger partial charge >= 0.3 is 0 Å². The number of likely N-dealkylation sites (tertiary alicyclic amines) is 1. The van der Waals surface area contributed by atoms with Crippen LogP contribution < -0.4 is 4.74 Å². The maximum Gasteiger partial charge on any atom is 0.229 e. The highest BCUT2D eigenvalue weighted by Gasteiger charge is 2.28. The molecule has 6 heteroatoms. The summed E-state index contributed by atoms with van der Waals surface area (Å²) in [6.45, 7) is 6.96. The molecule has 2 aromatic carbocycles. The molecule has 0 aromatic heterocycles. The van der Waals surface area contributed by atoms with Crippen molar-refractivity contribution in [1.82, 2.24) is 9.80 Å². The van der Waals surface area contributed by atoms with E-state index in [0.29, 0.717) is 32.0 Å². The van der Waals surface area contributed by atoms with Crippen molar-refractivity contribution >= 4 is 23.4 Å². The second-order valence-electron chi connectivity index (χ2n) is 10.3. The number of nitrogens with zero attached hydrogens (tertiary/aromatic N) is 2. The predicted octanol–water partition coefficient (Wildman–Crippen LogP) is 6.71. The van der Waals surface area contributed by atoms with Crippen molar-refractivity contribution in [3.63, 3.8) is 0 Å². The first-order valence-electron chi connectivity index (χ1n) is 13.5. The van der Waals surface area contributed by atoms with Crippen molar-refractivity contribution in [1.29, 1.82) is 0 Å². The van der Waals surface area contributed by atoms with Crippen LogP contribution in [0.2, 0.25) is 5.02 Å². The molecule has 4 rings (SSSR count). The van der Waals surface area contributed by atoms with Gasteiger partial charge in [-0.15, -0.1) is 0 Å². The van der Waals surface area contributed by atoms with Crippen LogP contribution in [0.5, 0.6) is 5.75 Å². The Bertz CT molecular complexity index is 1020. The summed E-state index contributed by atoms with van der Waals surface area (Å²) in [5.74, 6) is 1.36. The number of hydrogen-bond donors (Lipinski definition) is 0. The second kappa shape index (κ2) is 12.7. The van der Waals surface area contributed by atoms with Gasteiger partial charge in [-0.05, 0) is 67.0 Å². The third-order valence-corrected chi connectivity index (χ3v) is 7.90. The molecule has 2 amide bonds. The molecule has 1 heterocycles. The van der Waals surface area contributed by atoms with Gasteiger partial charge in [-0.1, -0.05) is 62.1 Å². The summed E-state index contributed by atoms with van der Waals surface area (Å²) in [5, 5.41) is 0.775.